The monoisotopic (exact) mass is 518 g/mol. The number of ether oxygens (including phenoxy) is 2. The molecule has 0 N–H and O–H groups in total. The van der Waals surface area contributed by atoms with Crippen molar-refractivity contribution in [1.29, 1.82) is 0 Å². The number of fused-ring (bicyclic) bond motifs is 1. The maximum Gasteiger partial charge on any atom is 0.332 e. The summed E-state index contributed by atoms with van der Waals surface area (Å²) < 4.78 is 9.14. The van der Waals surface area contributed by atoms with Crippen LogP contribution in [0, 0.1) is 0 Å². The molecule has 0 radical (unpaired) electrons. The summed E-state index contributed by atoms with van der Waals surface area (Å²) in [6, 6.07) is 7.47. The molecule has 0 aliphatic carbocycles. The Morgan fingerprint density at radius 3 is 2.71 bits per heavy atom. The largest absolute Gasteiger partial charge is 0.479 e. The number of esters is 1. The van der Waals surface area contributed by atoms with E-state index in [1.54, 1.807) is 12.1 Å². The van der Waals surface area contributed by atoms with Crippen molar-refractivity contribution in [1.82, 2.24) is 4.90 Å². The summed E-state index contributed by atoms with van der Waals surface area (Å²) in [6.07, 6.45) is 0. The van der Waals surface area contributed by atoms with Crippen molar-refractivity contribution < 1.29 is 19.1 Å². The van der Waals surface area contributed by atoms with Gasteiger partial charge in [-0.1, -0.05) is 83.6 Å². The van der Waals surface area contributed by atoms with E-state index in [0.29, 0.717) is 32.9 Å². The number of carbonyl (C=O) groups excluding carboxylic acids is 2. The molecular formula is C20H20Cl2N2O4S3. The number of benzene rings is 1. The molecule has 0 aromatic heterocycles. The van der Waals surface area contributed by atoms with Crippen molar-refractivity contribution in [2.45, 2.75) is 28.7 Å². The van der Waals surface area contributed by atoms with Crippen LogP contribution in [0.3, 0.4) is 0 Å². The second-order valence-electron chi connectivity index (χ2n) is 6.63. The highest BCUT2D eigenvalue weighted by Gasteiger charge is 2.59. The lowest BCUT2D eigenvalue weighted by molar-refractivity contribution is -0.159. The number of β-lactam (4-membered cyclic amide) rings is 1. The molecule has 166 valence electrons. The molecule has 3 rings (SSSR count). The molecule has 0 bridgehead atoms. The second-order valence-corrected chi connectivity index (χ2v) is 10.6. The Kier molecular flexibility index (Phi) is 7.96. The van der Waals surface area contributed by atoms with Gasteiger partial charge in [0.2, 0.25) is 4.38 Å². The topological polar surface area (TPSA) is 68.2 Å². The number of halogens is 2. The van der Waals surface area contributed by atoms with Gasteiger partial charge in [-0.25, -0.2) is 4.79 Å². The molecule has 6 nitrogen and oxygen atoms in total. The molecule has 1 aromatic carbocycles. The molecule has 2 aliphatic rings. The first kappa shape index (κ1) is 24.4. The number of alkyl halides is 2. The molecule has 31 heavy (non-hydrogen) atoms. The van der Waals surface area contributed by atoms with Crippen molar-refractivity contribution in [2.24, 2.45) is 4.99 Å². The standard InChI is InChI=1S/C20H20Cl2N2O4S3/c1-4-28-19(29)30-10-11(2)14(17(26)27-3)24-15(25)13-16(24)31-18(23-13)20(21,22)12-8-6-5-7-9-12/h5-9,13-14,16H,2,4,10H2,1,3H3. The molecule has 11 heteroatoms. The minimum atomic E-state index is -1.40. The molecule has 3 atom stereocenters. The molecule has 1 aromatic rings. The predicted molar refractivity (Wildman–Crippen MR) is 131 cm³/mol. The summed E-state index contributed by atoms with van der Waals surface area (Å²) in [6.45, 7) is 6.27. The van der Waals surface area contributed by atoms with Gasteiger partial charge < -0.3 is 14.4 Å². The van der Waals surface area contributed by atoms with Crippen LogP contribution in [-0.4, -0.2) is 63.1 Å². The van der Waals surface area contributed by atoms with Crippen LogP contribution in [0.4, 0.5) is 0 Å². The molecule has 2 aliphatic heterocycles. The Balaban J connectivity index is 1.76. The van der Waals surface area contributed by atoms with Gasteiger partial charge in [-0.05, 0) is 30.3 Å². The van der Waals surface area contributed by atoms with Crippen molar-refractivity contribution in [2.75, 3.05) is 19.5 Å². The highest BCUT2D eigenvalue weighted by Crippen LogP contribution is 2.49. The number of amides is 1. The minimum Gasteiger partial charge on any atom is -0.479 e. The number of carbonyl (C=O) groups is 2. The summed E-state index contributed by atoms with van der Waals surface area (Å²) in [4.78, 5) is 31.3. The number of hydrogen-bond acceptors (Lipinski definition) is 8. The fraction of sp³-hybridized carbons (Fsp3) is 0.400. The quantitative estimate of drug-likeness (QED) is 0.168. The molecule has 1 saturated heterocycles. The first-order valence-corrected chi connectivity index (χ1v) is 12.3. The van der Waals surface area contributed by atoms with Crippen LogP contribution in [0.15, 0.2) is 47.5 Å². The fourth-order valence-corrected chi connectivity index (χ4v) is 6.05. The number of hydrogen-bond donors (Lipinski definition) is 0. The van der Waals surface area contributed by atoms with E-state index in [1.807, 2.05) is 25.1 Å². The lowest BCUT2D eigenvalue weighted by Gasteiger charge is -2.45. The van der Waals surface area contributed by atoms with E-state index in [4.69, 9.17) is 44.9 Å². The van der Waals surface area contributed by atoms with Gasteiger partial charge in [0.25, 0.3) is 5.91 Å². The van der Waals surface area contributed by atoms with E-state index in [9.17, 15) is 9.59 Å². The van der Waals surface area contributed by atoms with Crippen LogP contribution in [0.5, 0.6) is 0 Å². The summed E-state index contributed by atoms with van der Waals surface area (Å²) >= 11 is 20.8. The average Bonchev–Trinajstić information content (AvgIpc) is 3.17. The first-order valence-electron chi connectivity index (χ1n) is 9.27. The molecule has 1 amide bonds. The number of likely N-dealkylation sites (tertiary alicyclic amines) is 1. The Bertz CT molecular complexity index is 926. The van der Waals surface area contributed by atoms with Crippen molar-refractivity contribution in [3.63, 3.8) is 0 Å². The van der Waals surface area contributed by atoms with Gasteiger partial charge in [0.15, 0.2) is 16.4 Å². The van der Waals surface area contributed by atoms with Gasteiger partial charge in [0, 0.05) is 5.75 Å². The van der Waals surface area contributed by atoms with Crippen molar-refractivity contribution in [3.05, 3.63) is 48.0 Å². The predicted octanol–water partition coefficient (Wildman–Crippen LogP) is 4.15. The smallest absolute Gasteiger partial charge is 0.332 e. The number of rotatable bonds is 8. The van der Waals surface area contributed by atoms with E-state index in [2.05, 4.69) is 11.6 Å². The zero-order valence-electron chi connectivity index (χ0n) is 16.7. The SMILES string of the molecule is C=C(CSC(=S)OCC)C(C(=O)OC)N1C(=O)C2N=C(C(Cl)(Cl)c3ccccc3)SC21. The summed E-state index contributed by atoms with van der Waals surface area (Å²) in [5.41, 5.74) is 1.13. The van der Waals surface area contributed by atoms with Crippen LogP contribution < -0.4 is 0 Å². The van der Waals surface area contributed by atoms with Gasteiger partial charge in [-0.3, -0.25) is 9.79 Å². The molecule has 3 unspecified atom stereocenters. The maximum atomic E-state index is 12.9. The zero-order valence-corrected chi connectivity index (χ0v) is 20.7. The highest BCUT2D eigenvalue weighted by atomic mass is 35.5. The van der Waals surface area contributed by atoms with Crippen LogP contribution >= 0.6 is 58.9 Å². The third-order valence-electron chi connectivity index (χ3n) is 4.67. The van der Waals surface area contributed by atoms with Crippen LogP contribution in [0.2, 0.25) is 0 Å². The van der Waals surface area contributed by atoms with Crippen LogP contribution in [0.1, 0.15) is 12.5 Å². The lowest BCUT2D eigenvalue weighted by atomic mass is 10.00. The van der Waals surface area contributed by atoms with Gasteiger partial charge in [-0.2, -0.15) is 0 Å². The second kappa shape index (κ2) is 10.1. The molecule has 0 saturated carbocycles. The molecule has 0 spiro atoms. The number of thioether (sulfide) groups is 2. The number of thiocarbonyl (C=S) groups is 1. The molecular weight excluding hydrogens is 499 g/mol. The fourth-order valence-electron chi connectivity index (χ4n) is 3.16. The van der Waals surface area contributed by atoms with E-state index in [-0.39, 0.29) is 5.91 Å². The first-order chi connectivity index (χ1) is 14.7. The minimum absolute atomic E-state index is 0.303. The molecule has 1 fully saturated rings. The number of aliphatic imine (C=N–C) groups is 1. The number of methoxy groups -OCH3 is 1. The van der Waals surface area contributed by atoms with Gasteiger partial charge in [0.05, 0.1) is 13.7 Å². The maximum absolute atomic E-state index is 12.9. The Hall–Kier alpha value is -1.26. The van der Waals surface area contributed by atoms with Crippen LogP contribution in [-0.2, 0) is 23.4 Å². The lowest BCUT2D eigenvalue weighted by Crippen LogP contribution is -2.66. The Labute approximate surface area is 204 Å². The van der Waals surface area contributed by atoms with Gasteiger partial charge in [-0.15, -0.1) is 0 Å². The number of nitrogens with zero attached hydrogens (tertiary/aromatic N) is 2. The zero-order chi connectivity index (χ0) is 22.8. The van der Waals surface area contributed by atoms with Crippen molar-refractivity contribution >= 4 is 80.2 Å². The van der Waals surface area contributed by atoms with Gasteiger partial charge >= 0.3 is 5.97 Å². The molecule has 2 heterocycles. The van der Waals surface area contributed by atoms with E-state index < -0.39 is 27.8 Å². The summed E-state index contributed by atoms with van der Waals surface area (Å²) in [5.74, 6) is -0.588. The van der Waals surface area contributed by atoms with Crippen LogP contribution in [0.25, 0.3) is 0 Å². The van der Waals surface area contributed by atoms with E-state index in [0.717, 1.165) is 0 Å². The third-order valence-corrected chi connectivity index (χ3v) is 8.39. The van der Waals surface area contributed by atoms with Crippen molar-refractivity contribution in [3.8, 4) is 0 Å². The average molecular weight is 519 g/mol. The summed E-state index contributed by atoms with van der Waals surface area (Å²) in [5, 5.41) is -0.0122. The highest BCUT2D eigenvalue weighted by molar-refractivity contribution is 8.22. The van der Waals surface area contributed by atoms with Gasteiger partial charge in [0.1, 0.15) is 10.4 Å². The Morgan fingerprint density at radius 2 is 2.10 bits per heavy atom. The Morgan fingerprint density at radius 1 is 1.42 bits per heavy atom. The summed E-state index contributed by atoms with van der Waals surface area (Å²) in [7, 11) is 1.27. The normalized spacial score (nSPS) is 21.0. The van der Waals surface area contributed by atoms with E-state index >= 15 is 0 Å². The third kappa shape index (κ3) is 4.90. The van der Waals surface area contributed by atoms with E-state index in [1.165, 1.54) is 35.5 Å².